The van der Waals surface area contributed by atoms with Crippen LogP contribution >= 0.6 is 0 Å². The standard InChI is InChI=1S/C24H39NO5/c1-7-11-12-15-24(6,29-16-8-2)23(27)25-19-13-14-21(30-18(5)9-3)20(17-19)22(26)28-10-4/h13-14,17-18H,7-12,15-16H2,1-6H3,(H,25,27). The molecule has 0 saturated heterocycles. The van der Waals surface area contributed by atoms with Gasteiger partial charge in [0.05, 0.1) is 12.7 Å². The number of carbonyl (C=O) groups excluding carboxylic acids is 2. The fraction of sp³-hybridized carbons (Fsp3) is 0.667. The van der Waals surface area contributed by atoms with Crippen LogP contribution in [0, 0.1) is 0 Å². The minimum Gasteiger partial charge on any atom is -0.490 e. The number of benzene rings is 1. The summed E-state index contributed by atoms with van der Waals surface area (Å²) in [5.74, 6) is -0.231. The highest BCUT2D eigenvalue weighted by Crippen LogP contribution is 2.27. The van der Waals surface area contributed by atoms with Crippen molar-refractivity contribution in [2.24, 2.45) is 0 Å². The van der Waals surface area contributed by atoms with Gasteiger partial charge in [0, 0.05) is 12.3 Å². The van der Waals surface area contributed by atoms with Gasteiger partial charge < -0.3 is 19.5 Å². The lowest BCUT2D eigenvalue weighted by atomic mass is 9.96. The average molecular weight is 422 g/mol. The molecule has 0 radical (unpaired) electrons. The monoisotopic (exact) mass is 421 g/mol. The molecule has 0 heterocycles. The molecule has 6 nitrogen and oxygen atoms in total. The minimum absolute atomic E-state index is 0.0390. The van der Waals surface area contributed by atoms with Gasteiger partial charge in [-0.2, -0.15) is 0 Å². The molecule has 0 spiro atoms. The lowest BCUT2D eigenvalue weighted by Gasteiger charge is -2.29. The van der Waals surface area contributed by atoms with Gasteiger partial charge in [0.15, 0.2) is 0 Å². The topological polar surface area (TPSA) is 73.9 Å². The maximum atomic E-state index is 13.1. The number of carbonyl (C=O) groups is 2. The van der Waals surface area contributed by atoms with Crippen molar-refractivity contribution in [3.05, 3.63) is 23.8 Å². The van der Waals surface area contributed by atoms with Crippen LogP contribution in [-0.4, -0.2) is 36.8 Å². The third-order valence-corrected chi connectivity index (χ3v) is 5.00. The normalized spacial score (nSPS) is 13.9. The average Bonchev–Trinajstić information content (AvgIpc) is 2.73. The minimum atomic E-state index is -0.916. The molecular weight excluding hydrogens is 382 g/mol. The molecule has 0 fully saturated rings. The van der Waals surface area contributed by atoms with Crippen LogP contribution in [0.15, 0.2) is 18.2 Å². The van der Waals surface area contributed by atoms with Crippen molar-refractivity contribution in [3.63, 3.8) is 0 Å². The number of hydrogen-bond donors (Lipinski definition) is 1. The van der Waals surface area contributed by atoms with Crippen LogP contribution in [0.4, 0.5) is 5.69 Å². The maximum absolute atomic E-state index is 13.1. The summed E-state index contributed by atoms with van der Waals surface area (Å²) in [4.78, 5) is 25.5. The molecule has 0 aromatic heterocycles. The van der Waals surface area contributed by atoms with Crippen molar-refractivity contribution in [1.82, 2.24) is 0 Å². The van der Waals surface area contributed by atoms with Crippen molar-refractivity contribution in [1.29, 1.82) is 0 Å². The van der Waals surface area contributed by atoms with Crippen molar-refractivity contribution in [2.75, 3.05) is 18.5 Å². The highest BCUT2D eigenvalue weighted by atomic mass is 16.5. The zero-order valence-corrected chi connectivity index (χ0v) is 19.5. The van der Waals surface area contributed by atoms with E-state index in [9.17, 15) is 9.59 Å². The molecule has 0 saturated carbocycles. The lowest BCUT2D eigenvalue weighted by molar-refractivity contribution is -0.140. The molecule has 0 bridgehead atoms. The maximum Gasteiger partial charge on any atom is 0.341 e. The van der Waals surface area contributed by atoms with Gasteiger partial charge in [0.1, 0.15) is 16.9 Å². The van der Waals surface area contributed by atoms with Crippen LogP contribution in [0.1, 0.15) is 90.4 Å². The second-order valence-corrected chi connectivity index (χ2v) is 7.76. The third kappa shape index (κ3) is 7.98. The molecule has 2 atom stereocenters. The molecular formula is C24H39NO5. The van der Waals surface area contributed by atoms with E-state index in [0.29, 0.717) is 30.0 Å². The molecule has 2 unspecified atom stereocenters. The van der Waals surface area contributed by atoms with E-state index in [1.165, 1.54) is 0 Å². The number of unbranched alkanes of at least 4 members (excludes halogenated alkanes) is 2. The predicted octanol–water partition coefficient (Wildman–Crippen LogP) is 5.74. The van der Waals surface area contributed by atoms with E-state index in [0.717, 1.165) is 32.1 Å². The van der Waals surface area contributed by atoms with Gasteiger partial charge >= 0.3 is 5.97 Å². The van der Waals surface area contributed by atoms with Crippen LogP contribution in [0.2, 0.25) is 0 Å². The Balaban J connectivity index is 3.09. The molecule has 1 rings (SSSR count). The van der Waals surface area contributed by atoms with Gasteiger partial charge in [-0.25, -0.2) is 4.79 Å². The molecule has 30 heavy (non-hydrogen) atoms. The van der Waals surface area contributed by atoms with Crippen LogP contribution in [0.3, 0.4) is 0 Å². The first-order valence-electron chi connectivity index (χ1n) is 11.2. The Kier molecular flexibility index (Phi) is 11.5. The van der Waals surface area contributed by atoms with Crippen molar-refractivity contribution >= 4 is 17.6 Å². The molecule has 0 aliphatic carbocycles. The number of amides is 1. The van der Waals surface area contributed by atoms with Gasteiger partial charge in [0.25, 0.3) is 5.91 Å². The number of nitrogens with one attached hydrogen (secondary N) is 1. The second-order valence-electron chi connectivity index (χ2n) is 7.76. The summed E-state index contributed by atoms with van der Waals surface area (Å²) in [6.45, 7) is 12.5. The van der Waals surface area contributed by atoms with E-state index in [1.54, 1.807) is 25.1 Å². The summed E-state index contributed by atoms with van der Waals surface area (Å²) >= 11 is 0. The zero-order valence-electron chi connectivity index (χ0n) is 19.5. The van der Waals surface area contributed by atoms with E-state index in [4.69, 9.17) is 14.2 Å². The third-order valence-electron chi connectivity index (χ3n) is 5.00. The Morgan fingerprint density at radius 2 is 1.83 bits per heavy atom. The first-order chi connectivity index (χ1) is 14.3. The molecule has 0 aliphatic heterocycles. The number of esters is 1. The molecule has 6 heteroatoms. The first-order valence-corrected chi connectivity index (χ1v) is 11.2. The summed E-state index contributed by atoms with van der Waals surface area (Å²) in [5, 5.41) is 2.92. The Bertz CT molecular complexity index is 676. The van der Waals surface area contributed by atoms with Crippen molar-refractivity contribution in [2.45, 2.75) is 91.8 Å². The van der Waals surface area contributed by atoms with Gasteiger partial charge in [-0.1, -0.05) is 40.0 Å². The summed E-state index contributed by atoms with van der Waals surface area (Å²) in [6, 6.07) is 5.06. The molecule has 1 amide bonds. The molecule has 0 aliphatic rings. The molecule has 170 valence electrons. The Morgan fingerprint density at radius 1 is 1.10 bits per heavy atom. The van der Waals surface area contributed by atoms with Crippen molar-refractivity contribution in [3.8, 4) is 5.75 Å². The number of hydrogen-bond acceptors (Lipinski definition) is 5. The number of anilines is 1. The molecule has 1 N–H and O–H groups in total. The van der Waals surface area contributed by atoms with Gasteiger partial charge in [0.2, 0.25) is 0 Å². The number of rotatable bonds is 14. The Morgan fingerprint density at radius 3 is 2.43 bits per heavy atom. The zero-order chi connectivity index (χ0) is 22.6. The molecule has 1 aromatic carbocycles. The lowest BCUT2D eigenvalue weighted by Crippen LogP contribution is -2.43. The highest BCUT2D eigenvalue weighted by Gasteiger charge is 2.34. The summed E-state index contributed by atoms with van der Waals surface area (Å²) in [5.41, 5.74) is -0.0975. The Labute approximate surface area is 181 Å². The smallest absolute Gasteiger partial charge is 0.341 e. The summed E-state index contributed by atoms with van der Waals surface area (Å²) in [7, 11) is 0. The summed E-state index contributed by atoms with van der Waals surface area (Å²) < 4.78 is 17.0. The van der Waals surface area contributed by atoms with E-state index >= 15 is 0 Å². The van der Waals surface area contributed by atoms with Gasteiger partial charge in [-0.3, -0.25) is 4.79 Å². The summed E-state index contributed by atoms with van der Waals surface area (Å²) in [6.07, 6.45) is 5.30. The number of ether oxygens (including phenoxy) is 3. The quantitative estimate of drug-likeness (QED) is 0.306. The van der Waals surface area contributed by atoms with E-state index in [2.05, 4.69) is 12.2 Å². The van der Waals surface area contributed by atoms with E-state index in [-0.39, 0.29) is 18.6 Å². The fourth-order valence-corrected chi connectivity index (χ4v) is 2.93. The van der Waals surface area contributed by atoms with Crippen LogP contribution in [0.25, 0.3) is 0 Å². The Hall–Kier alpha value is -2.08. The predicted molar refractivity (Wildman–Crippen MR) is 120 cm³/mol. The second kappa shape index (κ2) is 13.3. The highest BCUT2D eigenvalue weighted by molar-refractivity contribution is 5.99. The first kappa shape index (κ1) is 26.0. The fourth-order valence-electron chi connectivity index (χ4n) is 2.93. The molecule has 1 aromatic rings. The van der Waals surface area contributed by atoms with Gasteiger partial charge in [-0.15, -0.1) is 0 Å². The SMILES string of the molecule is CCCCCC(C)(OCCC)C(=O)Nc1ccc(OC(C)CC)c(C(=O)OCC)c1. The largest absolute Gasteiger partial charge is 0.490 e. The van der Waals surface area contributed by atoms with Crippen LogP contribution in [-0.2, 0) is 14.3 Å². The van der Waals surface area contributed by atoms with Gasteiger partial charge in [-0.05, 0) is 58.2 Å². The van der Waals surface area contributed by atoms with E-state index in [1.807, 2.05) is 27.7 Å². The van der Waals surface area contributed by atoms with E-state index < -0.39 is 11.6 Å². The van der Waals surface area contributed by atoms with Crippen LogP contribution < -0.4 is 10.1 Å². The van der Waals surface area contributed by atoms with Crippen LogP contribution in [0.5, 0.6) is 5.75 Å². The van der Waals surface area contributed by atoms with Crippen molar-refractivity contribution < 1.29 is 23.8 Å².